The maximum absolute atomic E-state index is 11.4. The fourth-order valence-corrected chi connectivity index (χ4v) is 4.13. The molecule has 1 aliphatic heterocycles. The molecule has 1 unspecified atom stereocenters. The Balaban J connectivity index is 1.63. The summed E-state index contributed by atoms with van der Waals surface area (Å²) in [5.74, 6) is 1.31. The molecular weight excluding hydrogens is 426 g/mol. The molecule has 2 N–H and O–H groups in total. The molecule has 0 amide bonds. The highest BCUT2D eigenvalue weighted by Crippen LogP contribution is 2.28. The minimum atomic E-state index is 0.0710. The van der Waals surface area contributed by atoms with Crippen molar-refractivity contribution in [3.63, 3.8) is 0 Å². The van der Waals surface area contributed by atoms with E-state index >= 15 is 0 Å². The quantitative estimate of drug-likeness (QED) is 0.524. The molecule has 30 heavy (non-hydrogen) atoms. The Hall–Kier alpha value is -2.43. The summed E-state index contributed by atoms with van der Waals surface area (Å²) < 4.78 is 9.33. The first-order chi connectivity index (χ1) is 14.5. The summed E-state index contributed by atoms with van der Waals surface area (Å²) in [7, 11) is 0. The van der Waals surface area contributed by atoms with Crippen molar-refractivity contribution >= 4 is 35.0 Å². The van der Waals surface area contributed by atoms with Gasteiger partial charge in [-0.15, -0.1) is 15.3 Å². The van der Waals surface area contributed by atoms with Gasteiger partial charge in [-0.05, 0) is 37.5 Å². The molecule has 1 aliphatic rings. The lowest BCUT2D eigenvalue weighted by atomic mass is 10.2. The molecule has 1 fully saturated rings. The number of halogens is 1. The molecule has 2 aromatic heterocycles. The van der Waals surface area contributed by atoms with Crippen molar-refractivity contribution in [1.82, 2.24) is 29.8 Å². The van der Waals surface area contributed by atoms with Crippen molar-refractivity contribution in [3.05, 3.63) is 34.9 Å². The van der Waals surface area contributed by atoms with Crippen LogP contribution in [0.3, 0.4) is 0 Å². The number of aromatic nitrogens is 6. The Kier molecular flexibility index (Phi) is 6.35. The minimum Gasteiger partial charge on any atom is -0.382 e. The molecule has 0 bridgehead atoms. The first-order valence-corrected chi connectivity index (χ1v) is 11.0. The highest BCUT2D eigenvalue weighted by atomic mass is 35.5. The van der Waals surface area contributed by atoms with E-state index in [1.54, 1.807) is 11.6 Å². The number of Topliss-reactive ketones (excluding diaryl/α,β-unsaturated/α-hetero) is 1. The van der Waals surface area contributed by atoms with E-state index in [0.717, 1.165) is 25.0 Å². The second kappa shape index (κ2) is 9.15. The summed E-state index contributed by atoms with van der Waals surface area (Å²) in [6.45, 7) is 3.33. The van der Waals surface area contributed by atoms with Crippen LogP contribution in [-0.2, 0) is 22.6 Å². The van der Waals surface area contributed by atoms with Crippen molar-refractivity contribution in [2.45, 2.75) is 44.1 Å². The molecule has 11 heteroatoms. The Morgan fingerprint density at radius 3 is 2.80 bits per heavy atom. The predicted octanol–water partition coefficient (Wildman–Crippen LogP) is 2.68. The Morgan fingerprint density at radius 2 is 2.10 bits per heavy atom. The van der Waals surface area contributed by atoms with E-state index in [2.05, 4.69) is 20.5 Å². The van der Waals surface area contributed by atoms with E-state index in [1.807, 2.05) is 28.8 Å². The van der Waals surface area contributed by atoms with Crippen LogP contribution in [0, 0.1) is 0 Å². The fraction of sp³-hybridized carbons (Fsp3) is 0.421. The molecule has 3 aromatic rings. The van der Waals surface area contributed by atoms with E-state index in [1.165, 1.54) is 11.8 Å². The van der Waals surface area contributed by atoms with Crippen LogP contribution < -0.4 is 5.73 Å². The molecule has 0 aliphatic carbocycles. The van der Waals surface area contributed by atoms with Crippen LogP contribution in [-0.4, -0.2) is 54.0 Å². The van der Waals surface area contributed by atoms with Gasteiger partial charge in [0, 0.05) is 11.6 Å². The van der Waals surface area contributed by atoms with E-state index in [4.69, 9.17) is 22.1 Å². The first kappa shape index (κ1) is 20.8. The monoisotopic (exact) mass is 447 g/mol. The molecule has 9 nitrogen and oxygen atoms in total. The van der Waals surface area contributed by atoms with Gasteiger partial charge in [0.05, 0.1) is 24.9 Å². The van der Waals surface area contributed by atoms with E-state index in [9.17, 15) is 4.79 Å². The van der Waals surface area contributed by atoms with Crippen molar-refractivity contribution in [2.24, 2.45) is 0 Å². The predicted molar refractivity (Wildman–Crippen MR) is 114 cm³/mol. The number of nitrogen functional groups attached to an aromatic ring is 1. The molecule has 0 spiro atoms. The highest BCUT2D eigenvalue weighted by molar-refractivity contribution is 7.99. The SMILES string of the molecule is CC(=O)CSc1nnc(-c2nnn(Cc3ccc(Cl)cc3)c2N)n1CC1CCCO1. The zero-order chi connectivity index (χ0) is 21.1. The summed E-state index contributed by atoms with van der Waals surface area (Å²) >= 11 is 7.30. The average molecular weight is 448 g/mol. The molecule has 3 heterocycles. The van der Waals surface area contributed by atoms with Crippen LogP contribution in [0.2, 0.25) is 5.02 Å². The summed E-state index contributed by atoms with van der Waals surface area (Å²) in [6, 6.07) is 7.47. The summed E-state index contributed by atoms with van der Waals surface area (Å²) in [4.78, 5) is 11.4. The lowest BCUT2D eigenvalue weighted by Crippen LogP contribution is -2.17. The normalized spacial score (nSPS) is 16.3. The van der Waals surface area contributed by atoms with Gasteiger partial charge in [-0.25, -0.2) is 4.68 Å². The van der Waals surface area contributed by atoms with Crippen molar-refractivity contribution < 1.29 is 9.53 Å². The van der Waals surface area contributed by atoms with Crippen molar-refractivity contribution in [2.75, 3.05) is 18.1 Å². The number of carbonyl (C=O) groups excluding carboxylic acids is 1. The van der Waals surface area contributed by atoms with Gasteiger partial charge < -0.3 is 10.5 Å². The number of anilines is 1. The van der Waals surface area contributed by atoms with Crippen molar-refractivity contribution in [1.29, 1.82) is 0 Å². The third-order valence-corrected chi connectivity index (χ3v) is 6.13. The van der Waals surface area contributed by atoms with Crippen molar-refractivity contribution in [3.8, 4) is 11.5 Å². The molecule has 0 radical (unpaired) electrons. The number of ether oxygens (including phenoxy) is 1. The number of nitrogens with zero attached hydrogens (tertiary/aromatic N) is 6. The van der Waals surface area contributed by atoms with Crippen LogP contribution >= 0.6 is 23.4 Å². The maximum Gasteiger partial charge on any atom is 0.192 e. The third kappa shape index (κ3) is 4.66. The molecule has 158 valence electrons. The number of thioether (sulfide) groups is 1. The second-order valence-electron chi connectivity index (χ2n) is 7.15. The molecular formula is C19H22ClN7O2S. The second-order valence-corrected chi connectivity index (χ2v) is 8.53. The molecule has 0 saturated carbocycles. The number of nitrogens with two attached hydrogens (primary N) is 1. The largest absolute Gasteiger partial charge is 0.382 e. The van der Waals surface area contributed by atoms with Crippen LogP contribution in [0.4, 0.5) is 5.82 Å². The van der Waals surface area contributed by atoms with Gasteiger partial charge in [-0.1, -0.05) is 40.7 Å². The van der Waals surface area contributed by atoms with Crippen LogP contribution in [0.15, 0.2) is 29.4 Å². The first-order valence-electron chi connectivity index (χ1n) is 9.62. The van der Waals surface area contributed by atoms with E-state index in [-0.39, 0.29) is 11.9 Å². The molecule has 1 atom stereocenters. The van der Waals surface area contributed by atoms with Gasteiger partial charge in [-0.3, -0.25) is 9.36 Å². The van der Waals surface area contributed by atoms with E-state index in [0.29, 0.717) is 46.4 Å². The lowest BCUT2D eigenvalue weighted by molar-refractivity contribution is -0.114. The number of benzene rings is 1. The van der Waals surface area contributed by atoms with Crippen LogP contribution in [0.1, 0.15) is 25.3 Å². The Bertz CT molecular complexity index is 1030. The fourth-order valence-electron chi connectivity index (χ4n) is 3.25. The summed E-state index contributed by atoms with van der Waals surface area (Å²) in [6.07, 6.45) is 2.06. The minimum absolute atomic E-state index is 0.0710. The lowest BCUT2D eigenvalue weighted by Gasteiger charge is -2.14. The summed E-state index contributed by atoms with van der Waals surface area (Å²) in [5, 5.41) is 18.4. The topological polar surface area (TPSA) is 114 Å². The molecule has 1 saturated heterocycles. The van der Waals surface area contributed by atoms with Gasteiger partial charge in [-0.2, -0.15) is 0 Å². The zero-order valence-electron chi connectivity index (χ0n) is 16.5. The number of hydrogen-bond acceptors (Lipinski definition) is 8. The molecule has 1 aromatic carbocycles. The summed E-state index contributed by atoms with van der Waals surface area (Å²) in [5.41, 5.74) is 7.82. The van der Waals surface area contributed by atoms with Gasteiger partial charge in [0.2, 0.25) is 0 Å². The number of ketones is 1. The smallest absolute Gasteiger partial charge is 0.192 e. The molecule has 4 rings (SSSR count). The number of carbonyl (C=O) groups is 1. The van der Waals surface area contributed by atoms with Gasteiger partial charge in [0.25, 0.3) is 0 Å². The highest BCUT2D eigenvalue weighted by Gasteiger charge is 2.25. The van der Waals surface area contributed by atoms with Crippen LogP contribution in [0.25, 0.3) is 11.5 Å². The maximum atomic E-state index is 11.4. The van der Waals surface area contributed by atoms with Gasteiger partial charge in [0.15, 0.2) is 22.5 Å². The van der Waals surface area contributed by atoms with Gasteiger partial charge in [0.1, 0.15) is 5.78 Å². The standard InChI is InChI=1S/C19H22ClN7O2S/c1-12(28)11-30-19-24-23-18(26(19)10-15-3-2-8-29-15)16-17(21)27(25-22-16)9-13-4-6-14(20)7-5-13/h4-7,15H,2-3,8-11,21H2,1H3. The zero-order valence-corrected chi connectivity index (χ0v) is 18.1. The Labute approximate surface area is 182 Å². The van der Waals surface area contributed by atoms with E-state index < -0.39 is 0 Å². The number of rotatable bonds is 8. The average Bonchev–Trinajstić information content (AvgIpc) is 3.45. The third-order valence-electron chi connectivity index (χ3n) is 4.76. The Morgan fingerprint density at radius 1 is 1.30 bits per heavy atom. The number of hydrogen-bond donors (Lipinski definition) is 1. The van der Waals surface area contributed by atoms with Crippen LogP contribution in [0.5, 0.6) is 0 Å². The van der Waals surface area contributed by atoms with Gasteiger partial charge >= 0.3 is 0 Å².